The van der Waals surface area contributed by atoms with Crippen LogP contribution in [0.3, 0.4) is 0 Å². The summed E-state index contributed by atoms with van der Waals surface area (Å²) in [4.78, 5) is 19.2. The first-order chi connectivity index (χ1) is 19.3. The molecule has 4 heterocycles. The summed E-state index contributed by atoms with van der Waals surface area (Å²) in [7, 11) is 0. The average molecular weight is 560 g/mol. The molecule has 202 valence electrons. The van der Waals surface area contributed by atoms with Crippen molar-refractivity contribution in [2.24, 2.45) is 0 Å². The van der Waals surface area contributed by atoms with E-state index >= 15 is 8.78 Å². The van der Waals surface area contributed by atoms with Crippen molar-refractivity contribution in [2.45, 2.75) is 32.5 Å². The van der Waals surface area contributed by atoms with Gasteiger partial charge < -0.3 is 9.30 Å². The van der Waals surface area contributed by atoms with Gasteiger partial charge in [-0.15, -0.1) is 0 Å². The van der Waals surface area contributed by atoms with Gasteiger partial charge >= 0.3 is 6.01 Å². The quantitative estimate of drug-likeness (QED) is 0.232. The molecule has 0 radical (unpaired) electrons. The molecule has 11 heteroatoms. The average Bonchev–Trinajstić information content (AvgIpc) is 3.25. The summed E-state index contributed by atoms with van der Waals surface area (Å²) in [6.45, 7) is 4.61. The third kappa shape index (κ3) is 4.72. The lowest BCUT2D eigenvalue weighted by molar-refractivity contribution is 0.0996. The van der Waals surface area contributed by atoms with E-state index in [1.807, 2.05) is 23.3 Å². The van der Waals surface area contributed by atoms with Gasteiger partial charge in [-0.2, -0.15) is 5.26 Å². The van der Waals surface area contributed by atoms with E-state index in [1.165, 1.54) is 6.07 Å². The number of ether oxygens (including phenoxy) is 1. The maximum atomic E-state index is 15.5. The summed E-state index contributed by atoms with van der Waals surface area (Å²) >= 11 is 6.62. The summed E-state index contributed by atoms with van der Waals surface area (Å²) in [5, 5.41) is 9.95. The smallest absolute Gasteiger partial charge is 0.322 e. The van der Waals surface area contributed by atoms with Crippen LogP contribution >= 0.6 is 11.6 Å². The predicted octanol–water partition coefficient (Wildman–Crippen LogP) is 6.35. The van der Waals surface area contributed by atoms with Gasteiger partial charge in [0.25, 0.3) is 0 Å². The van der Waals surface area contributed by atoms with E-state index in [2.05, 4.69) is 26.0 Å². The van der Waals surface area contributed by atoms with Gasteiger partial charge in [0.15, 0.2) is 0 Å². The van der Waals surface area contributed by atoms with Gasteiger partial charge in [-0.05, 0) is 44.5 Å². The van der Waals surface area contributed by atoms with Gasteiger partial charge in [0.05, 0.1) is 40.9 Å². The normalized spacial score (nSPS) is 17.8. The molecule has 6 rings (SSSR count). The van der Waals surface area contributed by atoms with E-state index in [9.17, 15) is 0 Å². The minimum Gasteiger partial charge on any atom is -0.424 e. The highest BCUT2D eigenvalue weighted by Gasteiger charge is 2.33. The van der Waals surface area contributed by atoms with Crippen LogP contribution in [-0.2, 0) is 0 Å². The molecule has 2 atom stereocenters. The second kappa shape index (κ2) is 10.4. The van der Waals surface area contributed by atoms with Crippen LogP contribution in [0, 0.1) is 31.0 Å². The number of likely N-dealkylation sites (tertiary alicyclic amines) is 1. The Balaban J connectivity index is 1.43. The van der Waals surface area contributed by atoms with Crippen LogP contribution in [0.25, 0.3) is 33.1 Å². The third-order valence-electron chi connectivity index (χ3n) is 7.21. The molecule has 0 amide bonds. The molecule has 0 N–H and O–H groups in total. The lowest BCUT2D eigenvalue weighted by Gasteiger charge is -2.35. The molecular formula is C29H24ClF2N7O. The highest BCUT2D eigenvalue weighted by atomic mass is 35.5. The standard InChI is InChI=1S/C29H24ClF2N7O/c1-16-5-8-34-29(36-16)40-18-3-4-19(22(30)11-18)20-12-21-25(13-23(20)31)35-14-26-28(21)39(17(2)37-26)27-6-9-38(10-7-33)15-24(27)32/h3-5,8,11-14,24,27H,6,9-10,15H2,1-2H3/t24-,27-/m1/s1. The maximum Gasteiger partial charge on any atom is 0.322 e. The number of nitriles is 1. The Morgan fingerprint density at radius 2 is 1.95 bits per heavy atom. The first-order valence-corrected chi connectivity index (χ1v) is 13.2. The summed E-state index contributed by atoms with van der Waals surface area (Å²) in [5.41, 5.74) is 3.22. The second-order valence-corrected chi connectivity index (χ2v) is 10.3. The molecule has 0 spiro atoms. The number of aromatic nitrogens is 5. The van der Waals surface area contributed by atoms with E-state index in [-0.39, 0.29) is 29.7 Å². The molecule has 3 aromatic heterocycles. The van der Waals surface area contributed by atoms with E-state index in [0.717, 1.165) is 5.69 Å². The van der Waals surface area contributed by atoms with Crippen molar-refractivity contribution in [2.75, 3.05) is 19.6 Å². The summed E-state index contributed by atoms with van der Waals surface area (Å²) in [6, 6.07) is 11.6. The SMILES string of the molecule is Cc1ccnc(Oc2ccc(-c3cc4c(cc3F)ncc3nc(C)n([C@@H]5CCN(CC#N)C[C@H]5F)c34)c(Cl)c2)n1. The summed E-state index contributed by atoms with van der Waals surface area (Å²) < 4.78 is 38.5. The predicted molar refractivity (Wildman–Crippen MR) is 148 cm³/mol. The molecule has 40 heavy (non-hydrogen) atoms. The van der Waals surface area contributed by atoms with Crippen molar-refractivity contribution in [3.8, 4) is 29.0 Å². The molecule has 0 bridgehead atoms. The summed E-state index contributed by atoms with van der Waals surface area (Å²) in [6.07, 6.45) is 2.51. The van der Waals surface area contributed by atoms with Gasteiger partial charge in [-0.25, -0.2) is 23.7 Å². The third-order valence-corrected chi connectivity index (χ3v) is 7.52. The van der Waals surface area contributed by atoms with Crippen LogP contribution in [0.1, 0.15) is 24.0 Å². The van der Waals surface area contributed by atoms with Crippen molar-refractivity contribution in [3.05, 3.63) is 71.2 Å². The van der Waals surface area contributed by atoms with Crippen molar-refractivity contribution >= 4 is 33.5 Å². The van der Waals surface area contributed by atoms with Gasteiger partial charge in [0, 0.05) is 53.6 Å². The van der Waals surface area contributed by atoms with Crippen molar-refractivity contribution < 1.29 is 13.5 Å². The van der Waals surface area contributed by atoms with Crippen LogP contribution < -0.4 is 4.74 Å². The topological polar surface area (TPSA) is 92.8 Å². The van der Waals surface area contributed by atoms with Gasteiger partial charge in [-0.3, -0.25) is 9.88 Å². The zero-order valence-electron chi connectivity index (χ0n) is 21.8. The lowest BCUT2D eigenvalue weighted by atomic mass is 10.00. The molecule has 1 aliphatic heterocycles. The van der Waals surface area contributed by atoms with Crippen LogP contribution in [-0.4, -0.2) is 55.2 Å². The number of benzene rings is 2. The minimum absolute atomic E-state index is 0.165. The number of fused-ring (bicyclic) bond motifs is 3. The molecule has 0 aliphatic carbocycles. The Kier molecular flexibility index (Phi) is 6.78. The summed E-state index contributed by atoms with van der Waals surface area (Å²) in [5.74, 6) is 0.567. The van der Waals surface area contributed by atoms with Crippen LogP contribution in [0.5, 0.6) is 11.8 Å². The fraction of sp³-hybridized carbons (Fsp3) is 0.276. The van der Waals surface area contributed by atoms with Gasteiger partial charge in [0.1, 0.15) is 29.1 Å². The molecule has 1 fully saturated rings. The van der Waals surface area contributed by atoms with E-state index in [4.69, 9.17) is 21.6 Å². The number of hydrogen-bond donors (Lipinski definition) is 0. The van der Waals surface area contributed by atoms with E-state index in [1.54, 1.807) is 42.7 Å². The number of hydrogen-bond acceptors (Lipinski definition) is 7. The lowest BCUT2D eigenvalue weighted by Crippen LogP contribution is -2.43. The maximum absolute atomic E-state index is 15.5. The van der Waals surface area contributed by atoms with Crippen molar-refractivity contribution in [1.29, 1.82) is 5.26 Å². The Bertz CT molecular complexity index is 1800. The molecule has 8 nitrogen and oxygen atoms in total. The Morgan fingerprint density at radius 1 is 1.10 bits per heavy atom. The van der Waals surface area contributed by atoms with Crippen molar-refractivity contribution in [1.82, 2.24) is 29.4 Å². The molecule has 0 unspecified atom stereocenters. The molecular weight excluding hydrogens is 536 g/mol. The number of rotatable bonds is 5. The number of aryl methyl sites for hydroxylation is 2. The van der Waals surface area contributed by atoms with Crippen LogP contribution in [0.4, 0.5) is 8.78 Å². The highest BCUT2D eigenvalue weighted by molar-refractivity contribution is 6.33. The second-order valence-electron chi connectivity index (χ2n) is 9.86. The van der Waals surface area contributed by atoms with Crippen LogP contribution in [0.15, 0.2) is 48.8 Å². The van der Waals surface area contributed by atoms with E-state index in [0.29, 0.717) is 52.0 Å². The number of halogens is 3. The fourth-order valence-electron chi connectivity index (χ4n) is 5.37. The highest BCUT2D eigenvalue weighted by Crippen LogP contribution is 2.38. The Labute approximate surface area is 233 Å². The molecule has 1 aliphatic rings. The molecule has 0 saturated carbocycles. The largest absolute Gasteiger partial charge is 0.424 e. The number of alkyl halides is 1. The number of nitrogens with zero attached hydrogens (tertiary/aromatic N) is 7. The zero-order valence-corrected chi connectivity index (χ0v) is 22.5. The number of piperidine rings is 1. The number of imidazole rings is 1. The zero-order chi connectivity index (χ0) is 28.0. The first-order valence-electron chi connectivity index (χ1n) is 12.8. The molecule has 5 aromatic rings. The minimum atomic E-state index is -1.19. The van der Waals surface area contributed by atoms with Gasteiger partial charge in [-0.1, -0.05) is 11.6 Å². The van der Waals surface area contributed by atoms with Crippen LogP contribution in [0.2, 0.25) is 5.02 Å². The first kappa shape index (κ1) is 26.0. The number of pyridine rings is 1. The van der Waals surface area contributed by atoms with E-state index < -0.39 is 18.0 Å². The van der Waals surface area contributed by atoms with Crippen molar-refractivity contribution in [3.63, 3.8) is 0 Å². The Hall–Kier alpha value is -4.20. The van der Waals surface area contributed by atoms with Gasteiger partial charge in [0.2, 0.25) is 0 Å². The Morgan fingerprint density at radius 3 is 2.70 bits per heavy atom. The molecule has 2 aromatic carbocycles. The fourth-order valence-corrected chi connectivity index (χ4v) is 5.65. The molecule has 1 saturated heterocycles. The monoisotopic (exact) mass is 559 g/mol.